The van der Waals surface area contributed by atoms with Crippen LogP contribution in [0.1, 0.15) is 37.8 Å². The van der Waals surface area contributed by atoms with Crippen molar-refractivity contribution >= 4 is 38.4 Å². The molecule has 0 N–H and O–H groups in total. The molecule has 7 heteroatoms. The van der Waals surface area contributed by atoms with Gasteiger partial charge in [-0.15, -0.1) is 0 Å². The predicted octanol–water partition coefficient (Wildman–Crippen LogP) is 3.34. The van der Waals surface area contributed by atoms with Gasteiger partial charge in [0.05, 0.1) is 17.5 Å². The quantitative estimate of drug-likeness (QED) is 0.783. The summed E-state index contributed by atoms with van der Waals surface area (Å²) in [5.74, 6) is 0.0985. The molecular formula is C19H26N2O3S2. The minimum atomic E-state index is -3.05. The van der Waals surface area contributed by atoms with Crippen LogP contribution in [0.3, 0.4) is 0 Å². The van der Waals surface area contributed by atoms with Crippen molar-refractivity contribution in [1.29, 1.82) is 0 Å². The second-order valence-electron chi connectivity index (χ2n) is 7.21. The van der Waals surface area contributed by atoms with E-state index in [9.17, 15) is 13.2 Å². The zero-order valence-corrected chi connectivity index (χ0v) is 17.4. The SMILES string of the molecule is CCC(CC)C(=O)N=C1S[C@@H]2CS(=O)(=O)C[C@H]2N1c1cc(C)ccc1C. The van der Waals surface area contributed by atoms with E-state index in [2.05, 4.69) is 11.1 Å². The van der Waals surface area contributed by atoms with E-state index in [0.29, 0.717) is 5.17 Å². The smallest absolute Gasteiger partial charge is 0.251 e. The van der Waals surface area contributed by atoms with Crippen LogP contribution in [0.25, 0.3) is 0 Å². The van der Waals surface area contributed by atoms with E-state index in [4.69, 9.17) is 0 Å². The minimum absolute atomic E-state index is 0.0619. The van der Waals surface area contributed by atoms with Crippen LogP contribution in [0.4, 0.5) is 5.69 Å². The zero-order valence-electron chi connectivity index (χ0n) is 15.7. The number of amidine groups is 1. The van der Waals surface area contributed by atoms with E-state index in [-0.39, 0.29) is 34.6 Å². The molecule has 2 aliphatic rings. The Kier molecular flexibility index (Phi) is 5.49. The molecule has 2 fully saturated rings. The molecule has 0 spiro atoms. The van der Waals surface area contributed by atoms with Crippen LogP contribution in [0.2, 0.25) is 0 Å². The fourth-order valence-corrected chi connectivity index (χ4v) is 7.56. The first-order chi connectivity index (χ1) is 12.3. The van der Waals surface area contributed by atoms with Crippen LogP contribution in [0.15, 0.2) is 23.2 Å². The molecule has 3 rings (SSSR count). The summed E-state index contributed by atoms with van der Waals surface area (Å²) in [5.41, 5.74) is 3.12. The molecule has 2 atom stereocenters. The lowest BCUT2D eigenvalue weighted by Gasteiger charge is -2.26. The van der Waals surface area contributed by atoms with Crippen molar-refractivity contribution in [2.75, 3.05) is 16.4 Å². The van der Waals surface area contributed by atoms with E-state index < -0.39 is 9.84 Å². The van der Waals surface area contributed by atoms with Crippen molar-refractivity contribution in [2.45, 2.75) is 51.8 Å². The summed E-state index contributed by atoms with van der Waals surface area (Å²) in [6, 6.07) is 5.97. The molecule has 26 heavy (non-hydrogen) atoms. The maximum absolute atomic E-state index is 12.6. The average Bonchev–Trinajstić information content (AvgIpc) is 3.02. The van der Waals surface area contributed by atoms with Crippen LogP contribution < -0.4 is 4.90 Å². The lowest BCUT2D eigenvalue weighted by molar-refractivity contribution is -0.121. The van der Waals surface area contributed by atoms with Crippen molar-refractivity contribution in [3.05, 3.63) is 29.3 Å². The minimum Gasteiger partial charge on any atom is -0.315 e. The summed E-state index contributed by atoms with van der Waals surface area (Å²) in [4.78, 5) is 19.0. The normalized spacial score (nSPS) is 25.9. The summed E-state index contributed by atoms with van der Waals surface area (Å²) in [7, 11) is -3.05. The van der Waals surface area contributed by atoms with Gasteiger partial charge in [-0.1, -0.05) is 37.7 Å². The monoisotopic (exact) mass is 394 g/mol. The van der Waals surface area contributed by atoms with Crippen molar-refractivity contribution < 1.29 is 13.2 Å². The van der Waals surface area contributed by atoms with Gasteiger partial charge in [-0.3, -0.25) is 4.79 Å². The average molecular weight is 395 g/mol. The van der Waals surface area contributed by atoms with Gasteiger partial charge in [-0.05, 0) is 43.9 Å². The number of fused-ring (bicyclic) bond motifs is 1. The highest BCUT2D eigenvalue weighted by atomic mass is 32.2. The summed E-state index contributed by atoms with van der Waals surface area (Å²) < 4.78 is 24.3. The highest BCUT2D eigenvalue weighted by molar-refractivity contribution is 8.16. The first kappa shape index (κ1) is 19.4. The Labute approximate surface area is 160 Å². The lowest BCUT2D eigenvalue weighted by Crippen LogP contribution is -2.38. The van der Waals surface area contributed by atoms with Gasteiger partial charge in [-0.25, -0.2) is 8.42 Å². The maximum atomic E-state index is 12.6. The number of hydrogen-bond acceptors (Lipinski definition) is 4. The van der Waals surface area contributed by atoms with Gasteiger partial charge < -0.3 is 4.90 Å². The Morgan fingerprint density at radius 2 is 1.96 bits per heavy atom. The highest BCUT2D eigenvalue weighted by Gasteiger charge is 2.49. The fraction of sp³-hybridized carbons (Fsp3) is 0.579. The molecule has 0 unspecified atom stereocenters. The van der Waals surface area contributed by atoms with E-state index >= 15 is 0 Å². The van der Waals surface area contributed by atoms with Gasteiger partial charge >= 0.3 is 0 Å². The van der Waals surface area contributed by atoms with E-state index in [1.165, 1.54) is 11.8 Å². The van der Waals surface area contributed by atoms with Crippen molar-refractivity contribution in [3.63, 3.8) is 0 Å². The van der Waals surface area contributed by atoms with E-state index in [1.807, 2.05) is 44.7 Å². The number of carbonyl (C=O) groups is 1. The highest BCUT2D eigenvalue weighted by Crippen LogP contribution is 2.42. The van der Waals surface area contributed by atoms with Gasteiger partial charge in [0, 0.05) is 16.9 Å². The number of aryl methyl sites for hydroxylation is 2. The molecule has 0 aliphatic carbocycles. The van der Waals surface area contributed by atoms with E-state index in [0.717, 1.165) is 29.7 Å². The Morgan fingerprint density at radius 3 is 2.62 bits per heavy atom. The molecule has 142 valence electrons. The maximum Gasteiger partial charge on any atom is 0.251 e. The molecule has 0 saturated carbocycles. The molecule has 0 radical (unpaired) electrons. The van der Waals surface area contributed by atoms with Crippen LogP contribution in [0, 0.1) is 19.8 Å². The van der Waals surface area contributed by atoms with Gasteiger partial charge in [0.2, 0.25) is 0 Å². The number of hydrogen-bond donors (Lipinski definition) is 0. The summed E-state index contributed by atoms with van der Waals surface area (Å²) in [5, 5.41) is 0.591. The van der Waals surface area contributed by atoms with Crippen LogP contribution in [-0.2, 0) is 14.6 Å². The molecule has 1 aromatic rings. The third-order valence-corrected chi connectivity index (χ3v) is 8.44. The Morgan fingerprint density at radius 1 is 1.27 bits per heavy atom. The second kappa shape index (κ2) is 7.35. The number of aliphatic imine (C=N–C) groups is 1. The third kappa shape index (κ3) is 3.69. The first-order valence-corrected chi connectivity index (χ1v) is 11.8. The van der Waals surface area contributed by atoms with Crippen LogP contribution in [-0.4, -0.2) is 42.3 Å². The van der Waals surface area contributed by atoms with Crippen molar-refractivity contribution in [2.24, 2.45) is 10.9 Å². The number of anilines is 1. The number of rotatable bonds is 4. The Hall–Kier alpha value is -1.34. The van der Waals surface area contributed by atoms with Gasteiger partial charge in [0.25, 0.3) is 5.91 Å². The Balaban J connectivity index is 2.04. The molecule has 1 aromatic carbocycles. The molecule has 5 nitrogen and oxygen atoms in total. The number of benzene rings is 1. The second-order valence-corrected chi connectivity index (χ2v) is 10.6. The molecular weight excluding hydrogens is 368 g/mol. The largest absolute Gasteiger partial charge is 0.315 e. The van der Waals surface area contributed by atoms with Crippen LogP contribution >= 0.6 is 11.8 Å². The lowest BCUT2D eigenvalue weighted by atomic mass is 10.0. The van der Waals surface area contributed by atoms with Crippen molar-refractivity contribution in [3.8, 4) is 0 Å². The number of sulfone groups is 1. The van der Waals surface area contributed by atoms with Gasteiger partial charge in [0.1, 0.15) is 0 Å². The topological polar surface area (TPSA) is 66.8 Å². The van der Waals surface area contributed by atoms with E-state index in [1.54, 1.807) is 0 Å². The number of thioether (sulfide) groups is 1. The first-order valence-electron chi connectivity index (χ1n) is 9.11. The molecule has 2 aliphatic heterocycles. The predicted molar refractivity (Wildman–Crippen MR) is 109 cm³/mol. The van der Waals surface area contributed by atoms with Gasteiger partial charge in [0.15, 0.2) is 15.0 Å². The zero-order chi connectivity index (χ0) is 19.1. The van der Waals surface area contributed by atoms with Gasteiger partial charge in [-0.2, -0.15) is 4.99 Å². The summed E-state index contributed by atoms with van der Waals surface area (Å²) >= 11 is 1.44. The molecule has 0 bridgehead atoms. The standard InChI is InChI=1S/C19H26N2O3S2/c1-5-14(6-2)18(22)20-19-21(15-9-12(3)7-8-13(15)4)16-10-26(23,24)11-17(16)25-19/h7-9,14,16-17H,5-6,10-11H2,1-4H3/t16-,17-/m1/s1. The number of amides is 1. The number of carbonyl (C=O) groups excluding carboxylic acids is 1. The Bertz CT molecular complexity index is 844. The third-order valence-electron chi connectivity index (χ3n) is 5.23. The summed E-state index contributed by atoms with van der Waals surface area (Å²) in [6.07, 6.45) is 1.53. The molecule has 2 saturated heterocycles. The molecule has 0 aromatic heterocycles. The van der Waals surface area contributed by atoms with Crippen LogP contribution in [0.5, 0.6) is 0 Å². The fourth-order valence-electron chi connectivity index (χ4n) is 3.65. The summed E-state index contributed by atoms with van der Waals surface area (Å²) in [6.45, 7) is 8.02. The number of nitrogens with zero attached hydrogens (tertiary/aromatic N) is 2. The van der Waals surface area contributed by atoms with Crippen molar-refractivity contribution in [1.82, 2.24) is 0 Å². The molecule has 1 amide bonds. The molecule has 2 heterocycles.